The molecule has 0 radical (unpaired) electrons. The number of nitrogen functional groups attached to an aromatic ring is 2. The van der Waals surface area contributed by atoms with Crippen molar-refractivity contribution in [1.29, 1.82) is 0 Å². The van der Waals surface area contributed by atoms with Crippen LogP contribution in [0.3, 0.4) is 0 Å². The number of carbonyl (C=O) groups is 3. The number of nitrogens with two attached hydrogens (primary N) is 2. The molecule has 4 N–H and O–H groups in total. The van der Waals surface area contributed by atoms with E-state index in [1.54, 1.807) is 24.3 Å². The van der Waals surface area contributed by atoms with Crippen LogP contribution < -0.4 is 20.9 Å². The third-order valence-corrected chi connectivity index (χ3v) is 5.51. The molecule has 0 saturated heterocycles. The van der Waals surface area contributed by atoms with Crippen LogP contribution in [0.25, 0.3) is 0 Å². The smallest absolute Gasteiger partial charge is 0.389 e. The van der Waals surface area contributed by atoms with Gasteiger partial charge >= 0.3 is 24.1 Å². The van der Waals surface area contributed by atoms with Crippen molar-refractivity contribution in [1.82, 2.24) is 0 Å². The molecular weight excluding hydrogens is 545 g/mol. The lowest BCUT2D eigenvalue weighted by molar-refractivity contribution is -0.144. The van der Waals surface area contributed by atoms with Crippen molar-refractivity contribution in [2.75, 3.05) is 31.3 Å². The minimum absolute atomic E-state index is 0.0868. The van der Waals surface area contributed by atoms with Crippen molar-refractivity contribution in [2.24, 2.45) is 0 Å². The molecule has 9 nitrogen and oxygen atoms in total. The summed E-state index contributed by atoms with van der Waals surface area (Å²) in [6, 6.07) is 16.8. The summed E-state index contributed by atoms with van der Waals surface area (Å²) in [4.78, 5) is 36.4. The van der Waals surface area contributed by atoms with Crippen molar-refractivity contribution in [3.8, 4) is 11.5 Å². The van der Waals surface area contributed by atoms with Crippen molar-refractivity contribution in [2.45, 2.75) is 31.9 Å². The van der Waals surface area contributed by atoms with Gasteiger partial charge in [-0.15, -0.1) is 0 Å². The number of halogens is 3. The Morgan fingerprint density at radius 3 is 1.95 bits per heavy atom. The highest BCUT2D eigenvalue weighted by Gasteiger charge is 2.26. The number of esters is 3. The van der Waals surface area contributed by atoms with Gasteiger partial charge in [0.15, 0.2) is 0 Å². The molecule has 3 rings (SSSR count). The molecule has 218 valence electrons. The highest BCUT2D eigenvalue weighted by atomic mass is 19.4. The van der Waals surface area contributed by atoms with Gasteiger partial charge in [0.25, 0.3) is 0 Å². The predicted octanol–water partition coefficient (Wildman–Crippen LogP) is 5.12. The lowest BCUT2D eigenvalue weighted by Crippen LogP contribution is -2.14. The molecule has 41 heavy (non-hydrogen) atoms. The molecular formula is C29H29F3N2O7. The Hall–Kier alpha value is -4.74. The summed E-state index contributed by atoms with van der Waals surface area (Å²) in [5.41, 5.74) is 13.2. The van der Waals surface area contributed by atoms with Crippen molar-refractivity contribution < 1.29 is 46.5 Å². The van der Waals surface area contributed by atoms with E-state index < -0.39 is 30.5 Å². The van der Waals surface area contributed by atoms with E-state index in [-0.39, 0.29) is 49.5 Å². The molecule has 0 unspecified atom stereocenters. The fraction of sp³-hybridized carbons (Fsp3) is 0.276. The van der Waals surface area contributed by atoms with E-state index >= 15 is 0 Å². The van der Waals surface area contributed by atoms with Crippen LogP contribution in [0.5, 0.6) is 11.5 Å². The van der Waals surface area contributed by atoms with Crippen molar-refractivity contribution >= 4 is 29.3 Å². The molecule has 0 saturated carbocycles. The highest BCUT2D eigenvalue weighted by molar-refractivity contribution is 5.92. The van der Waals surface area contributed by atoms with Crippen LogP contribution in [0.2, 0.25) is 0 Å². The Balaban J connectivity index is 1.34. The maximum Gasteiger partial charge on any atom is 0.389 e. The van der Waals surface area contributed by atoms with Crippen LogP contribution in [-0.2, 0) is 20.7 Å². The van der Waals surface area contributed by atoms with Gasteiger partial charge < -0.3 is 30.4 Å². The monoisotopic (exact) mass is 574 g/mol. The third kappa shape index (κ3) is 11.1. The Labute approximate surface area is 234 Å². The van der Waals surface area contributed by atoms with Gasteiger partial charge in [-0.3, -0.25) is 4.79 Å². The second-order valence-electron chi connectivity index (χ2n) is 8.87. The normalized spacial score (nSPS) is 11.0. The quantitative estimate of drug-likeness (QED) is 0.123. The van der Waals surface area contributed by atoms with Gasteiger partial charge in [0.05, 0.1) is 17.7 Å². The third-order valence-electron chi connectivity index (χ3n) is 5.51. The van der Waals surface area contributed by atoms with Gasteiger partial charge in [0, 0.05) is 24.2 Å². The van der Waals surface area contributed by atoms with Crippen LogP contribution in [0.4, 0.5) is 24.5 Å². The first kappa shape index (κ1) is 30.8. The molecule has 0 amide bonds. The number of ether oxygens (including phenoxy) is 4. The molecule has 0 aromatic heterocycles. The largest absolute Gasteiger partial charge is 0.494 e. The van der Waals surface area contributed by atoms with Crippen LogP contribution in [0, 0.1) is 0 Å². The average Bonchev–Trinajstić information content (AvgIpc) is 2.92. The number of anilines is 2. The molecule has 0 aliphatic rings. The zero-order valence-corrected chi connectivity index (χ0v) is 21.9. The minimum Gasteiger partial charge on any atom is -0.494 e. The van der Waals surface area contributed by atoms with E-state index in [0.717, 1.165) is 5.56 Å². The van der Waals surface area contributed by atoms with E-state index in [9.17, 15) is 27.6 Å². The number of aryl methyl sites for hydroxylation is 1. The number of rotatable bonds is 13. The summed E-state index contributed by atoms with van der Waals surface area (Å²) in [6.45, 7) is -0.330. The number of alkyl halides is 3. The van der Waals surface area contributed by atoms with Gasteiger partial charge in [0.1, 0.15) is 24.7 Å². The van der Waals surface area contributed by atoms with Gasteiger partial charge in [-0.25, -0.2) is 9.59 Å². The van der Waals surface area contributed by atoms with Gasteiger partial charge in [-0.1, -0.05) is 12.1 Å². The second kappa shape index (κ2) is 14.6. The fourth-order valence-electron chi connectivity index (χ4n) is 3.53. The Morgan fingerprint density at radius 2 is 1.32 bits per heavy atom. The van der Waals surface area contributed by atoms with E-state index in [1.165, 1.54) is 42.5 Å². The molecule has 0 aliphatic heterocycles. The zero-order chi connectivity index (χ0) is 29.8. The summed E-state index contributed by atoms with van der Waals surface area (Å²) >= 11 is 0. The van der Waals surface area contributed by atoms with E-state index in [2.05, 4.69) is 0 Å². The molecule has 3 aromatic rings. The first-order valence-corrected chi connectivity index (χ1v) is 12.6. The van der Waals surface area contributed by atoms with Crippen LogP contribution in [-0.4, -0.2) is 43.9 Å². The van der Waals surface area contributed by atoms with Crippen LogP contribution in [0.15, 0.2) is 66.7 Å². The van der Waals surface area contributed by atoms with Gasteiger partial charge in [-0.2, -0.15) is 13.2 Å². The van der Waals surface area contributed by atoms with Crippen molar-refractivity contribution in [3.63, 3.8) is 0 Å². The Kier molecular flexibility index (Phi) is 11.0. The standard InChI is InChI=1S/C29H29F3N2O7/c30-29(31,32)12-1-13-38-24-9-5-20(6-10-24)28(37)41-25-7-2-19(3-8-25)4-11-26(35)39-14-15-40-27(36)21-16-22(33)18-23(34)17-21/h2-3,5-10,16-18H,1,4,11-15,33-34H2. The molecule has 3 aromatic carbocycles. The Bertz CT molecular complexity index is 1310. The lowest BCUT2D eigenvalue weighted by Gasteiger charge is -2.09. The minimum atomic E-state index is -4.23. The van der Waals surface area contributed by atoms with Crippen molar-refractivity contribution in [3.05, 3.63) is 83.4 Å². The zero-order valence-electron chi connectivity index (χ0n) is 21.9. The number of carbonyl (C=O) groups excluding carboxylic acids is 3. The fourth-order valence-corrected chi connectivity index (χ4v) is 3.53. The Morgan fingerprint density at radius 1 is 0.707 bits per heavy atom. The summed E-state index contributed by atoms with van der Waals surface area (Å²) < 4.78 is 57.3. The predicted molar refractivity (Wildman–Crippen MR) is 143 cm³/mol. The number of benzene rings is 3. The van der Waals surface area contributed by atoms with E-state index in [1.807, 2.05) is 0 Å². The maximum atomic E-state index is 12.4. The lowest BCUT2D eigenvalue weighted by atomic mass is 10.1. The number of hydrogen-bond donors (Lipinski definition) is 2. The SMILES string of the molecule is Nc1cc(N)cc(C(=O)OCCOC(=O)CCc2ccc(OC(=O)c3ccc(OCCCC(F)(F)F)cc3)cc2)c1. The topological polar surface area (TPSA) is 140 Å². The summed E-state index contributed by atoms with van der Waals surface area (Å²) in [5, 5.41) is 0. The van der Waals surface area contributed by atoms with Gasteiger partial charge in [-0.05, 0) is 73.0 Å². The highest BCUT2D eigenvalue weighted by Crippen LogP contribution is 2.22. The summed E-state index contributed by atoms with van der Waals surface area (Å²) in [7, 11) is 0. The summed E-state index contributed by atoms with van der Waals surface area (Å²) in [5.74, 6) is -1.10. The molecule has 0 aliphatic carbocycles. The first-order valence-electron chi connectivity index (χ1n) is 12.6. The number of hydrogen-bond acceptors (Lipinski definition) is 9. The average molecular weight is 575 g/mol. The van der Waals surface area contributed by atoms with E-state index in [0.29, 0.717) is 23.5 Å². The van der Waals surface area contributed by atoms with Crippen LogP contribution in [0.1, 0.15) is 45.5 Å². The van der Waals surface area contributed by atoms with E-state index in [4.69, 9.17) is 30.4 Å². The molecule has 12 heteroatoms. The maximum absolute atomic E-state index is 12.4. The van der Waals surface area contributed by atoms with Crippen LogP contribution >= 0.6 is 0 Å². The summed E-state index contributed by atoms with van der Waals surface area (Å²) in [6.07, 6.45) is -4.86. The molecule has 0 spiro atoms. The molecule has 0 fully saturated rings. The second-order valence-corrected chi connectivity index (χ2v) is 8.87. The molecule has 0 bridgehead atoms. The first-order chi connectivity index (χ1) is 19.5. The molecule has 0 heterocycles. The molecule has 0 atom stereocenters. The van der Waals surface area contributed by atoms with Gasteiger partial charge in [0.2, 0.25) is 0 Å².